The lowest BCUT2D eigenvalue weighted by atomic mass is 10.1. The molecule has 0 aliphatic carbocycles. The van der Waals surface area contributed by atoms with E-state index in [0.717, 1.165) is 17.3 Å². The second kappa shape index (κ2) is 9.72. The molecule has 0 atom stereocenters. The molecule has 0 spiro atoms. The van der Waals surface area contributed by atoms with Gasteiger partial charge in [0.1, 0.15) is 0 Å². The highest BCUT2D eigenvalue weighted by Gasteiger charge is 2.37. The van der Waals surface area contributed by atoms with Crippen LogP contribution in [-0.2, 0) is 17.1 Å². The van der Waals surface area contributed by atoms with Gasteiger partial charge in [0.15, 0.2) is 10.9 Å². The first kappa shape index (κ1) is 25.4. The molecule has 0 unspecified atom stereocenters. The lowest BCUT2D eigenvalue weighted by Gasteiger charge is -2.15. The zero-order valence-corrected chi connectivity index (χ0v) is 19.1. The molecule has 4 rings (SSSR count). The van der Waals surface area contributed by atoms with E-state index in [9.17, 15) is 31.1 Å². The molecule has 0 aliphatic heterocycles. The fraction of sp³-hybridized carbons (Fsp3) is 0.174. The summed E-state index contributed by atoms with van der Waals surface area (Å²) < 4.78 is 85.5. The predicted octanol–water partition coefficient (Wildman–Crippen LogP) is 6.60. The average Bonchev–Trinajstić information content (AvgIpc) is 3.47. The number of aromatic nitrogens is 3. The number of halogens is 6. The van der Waals surface area contributed by atoms with Gasteiger partial charge in [-0.2, -0.15) is 26.3 Å². The van der Waals surface area contributed by atoms with Gasteiger partial charge in [-0.3, -0.25) is 9.36 Å². The molecule has 6 nitrogen and oxygen atoms in total. The second-order valence-electron chi connectivity index (χ2n) is 7.59. The highest BCUT2D eigenvalue weighted by atomic mass is 32.2. The third-order valence-electron chi connectivity index (χ3n) is 4.87. The van der Waals surface area contributed by atoms with Crippen molar-refractivity contribution in [3.05, 3.63) is 77.6 Å². The summed E-state index contributed by atoms with van der Waals surface area (Å²) in [5.41, 5.74) is -2.02. The Morgan fingerprint density at radius 2 is 1.61 bits per heavy atom. The van der Waals surface area contributed by atoms with Crippen molar-refractivity contribution in [2.24, 2.45) is 0 Å². The Balaban J connectivity index is 1.57. The molecule has 36 heavy (non-hydrogen) atoms. The number of benzene rings is 2. The molecule has 0 fully saturated rings. The van der Waals surface area contributed by atoms with Crippen LogP contribution in [0.25, 0.3) is 17.3 Å². The van der Waals surface area contributed by atoms with Crippen LogP contribution < -0.4 is 5.32 Å². The van der Waals surface area contributed by atoms with E-state index >= 15 is 0 Å². The maximum Gasteiger partial charge on any atom is 0.416 e. The van der Waals surface area contributed by atoms with E-state index in [-0.39, 0.29) is 17.0 Å². The van der Waals surface area contributed by atoms with Crippen LogP contribution in [0.3, 0.4) is 0 Å². The highest BCUT2D eigenvalue weighted by molar-refractivity contribution is 7.99. The SMILES string of the molecule is Cc1ccc(-n2c(SCC(=O)Nc3cc(C(F)(F)F)cc(C(F)(F)F)c3)nnc2-c2ccco2)cc1. The zero-order chi connectivity index (χ0) is 26.1. The maximum absolute atomic E-state index is 13.1. The van der Waals surface area contributed by atoms with Crippen LogP contribution in [0.2, 0.25) is 0 Å². The number of nitrogens with zero attached hydrogens (tertiary/aromatic N) is 3. The summed E-state index contributed by atoms with van der Waals surface area (Å²) in [5, 5.41) is 10.6. The van der Waals surface area contributed by atoms with Gasteiger partial charge in [-0.1, -0.05) is 29.5 Å². The van der Waals surface area contributed by atoms with Gasteiger partial charge in [-0.25, -0.2) is 0 Å². The van der Waals surface area contributed by atoms with Gasteiger partial charge in [0.2, 0.25) is 11.7 Å². The molecule has 0 radical (unpaired) electrons. The lowest BCUT2D eigenvalue weighted by molar-refractivity contribution is -0.143. The van der Waals surface area contributed by atoms with Crippen molar-refractivity contribution in [1.29, 1.82) is 0 Å². The molecule has 0 saturated heterocycles. The molecular weight excluding hydrogens is 510 g/mol. The molecule has 2 aromatic carbocycles. The van der Waals surface area contributed by atoms with Gasteiger partial charge in [0.05, 0.1) is 23.1 Å². The molecule has 0 bridgehead atoms. The van der Waals surface area contributed by atoms with Crippen molar-refractivity contribution >= 4 is 23.4 Å². The molecule has 1 amide bonds. The number of amides is 1. The van der Waals surface area contributed by atoms with Gasteiger partial charge in [-0.15, -0.1) is 10.2 Å². The second-order valence-corrected chi connectivity index (χ2v) is 8.53. The largest absolute Gasteiger partial charge is 0.461 e. The number of alkyl halides is 6. The summed E-state index contributed by atoms with van der Waals surface area (Å²) in [4.78, 5) is 12.5. The summed E-state index contributed by atoms with van der Waals surface area (Å²) >= 11 is 0.902. The third kappa shape index (κ3) is 5.73. The first-order valence-corrected chi connectivity index (χ1v) is 11.2. The Labute approximate surface area is 204 Å². The maximum atomic E-state index is 13.1. The summed E-state index contributed by atoms with van der Waals surface area (Å²) in [7, 11) is 0. The Kier molecular flexibility index (Phi) is 6.85. The number of aryl methyl sites for hydroxylation is 1. The number of hydrogen-bond acceptors (Lipinski definition) is 5. The van der Waals surface area contributed by atoms with Crippen LogP contribution in [0.5, 0.6) is 0 Å². The first-order chi connectivity index (χ1) is 16.9. The summed E-state index contributed by atoms with van der Waals surface area (Å²) in [6.07, 6.45) is -8.60. The van der Waals surface area contributed by atoms with Crippen LogP contribution in [0.1, 0.15) is 16.7 Å². The van der Waals surface area contributed by atoms with Gasteiger partial charge < -0.3 is 9.73 Å². The quantitative estimate of drug-likeness (QED) is 0.226. The van der Waals surface area contributed by atoms with Crippen molar-refractivity contribution in [3.8, 4) is 17.3 Å². The van der Waals surface area contributed by atoms with E-state index in [4.69, 9.17) is 4.42 Å². The highest BCUT2D eigenvalue weighted by Crippen LogP contribution is 2.37. The van der Waals surface area contributed by atoms with Crippen molar-refractivity contribution in [1.82, 2.24) is 14.8 Å². The molecule has 0 saturated carbocycles. The van der Waals surface area contributed by atoms with Gasteiger partial charge >= 0.3 is 12.4 Å². The normalized spacial score (nSPS) is 12.1. The fourth-order valence-corrected chi connectivity index (χ4v) is 3.96. The minimum atomic E-state index is -5.03. The number of rotatable bonds is 6. The summed E-state index contributed by atoms with van der Waals surface area (Å²) in [5.74, 6) is -0.437. The van der Waals surface area contributed by atoms with Crippen LogP contribution >= 0.6 is 11.8 Å². The van der Waals surface area contributed by atoms with E-state index < -0.39 is 35.1 Å². The monoisotopic (exact) mass is 526 g/mol. The van der Waals surface area contributed by atoms with E-state index in [2.05, 4.69) is 15.5 Å². The molecule has 13 heteroatoms. The van der Waals surface area contributed by atoms with Crippen molar-refractivity contribution in [3.63, 3.8) is 0 Å². The minimum absolute atomic E-state index is 0.00931. The van der Waals surface area contributed by atoms with Gasteiger partial charge in [0, 0.05) is 11.4 Å². The number of anilines is 1. The van der Waals surface area contributed by atoms with Gasteiger partial charge in [0.25, 0.3) is 0 Å². The van der Waals surface area contributed by atoms with E-state index in [1.54, 1.807) is 28.8 Å². The zero-order valence-electron chi connectivity index (χ0n) is 18.3. The van der Waals surface area contributed by atoms with E-state index in [1.165, 1.54) is 6.26 Å². The van der Waals surface area contributed by atoms with Crippen molar-refractivity contribution in [2.75, 3.05) is 11.1 Å². The molecule has 188 valence electrons. The molecule has 1 N–H and O–H groups in total. The Hall–Kier alpha value is -3.74. The standard InChI is InChI=1S/C23H16F6N4O2S/c1-13-4-6-17(7-5-13)33-20(18-3-2-8-35-18)31-32-21(33)36-12-19(34)30-16-10-14(22(24,25)26)9-15(11-16)23(27,28)29/h2-11H,12H2,1H3,(H,30,34). The number of nitrogens with one attached hydrogen (secondary N) is 1. The Bertz CT molecular complexity index is 1330. The average molecular weight is 526 g/mol. The number of furan rings is 1. The van der Waals surface area contributed by atoms with Gasteiger partial charge in [-0.05, 0) is 49.4 Å². The Morgan fingerprint density at radius 1 is 0.972 bits per heavy atom. The minimum Gasteiger partial charge on any atom is -0.461 e. The first-order valence-electron chi connectivity index (χ1n) is 10.2. The molecule has 2 aromatic heterocycles. The van der Waals surface area contributed by atoms with Crippen molar-refractivity contribution < 1.29 is 35.6 Å². The summed E-state index contributed by atoms with van der Waals surface area (Å²) in [6.45, 7) is 1.90. The fourth-order valence-electron chi connectivity index (χ4n) is 3.21. The third-order valence-corrected chi connectivity index (χ3v) is 5.80. The van der Waals surface area contributed by atoms with Crippen molar-refractivity contribution in [2.45, 2.75) is 24.4 Å². The van der Waals surface area contributed by atoms with Crippen LogP contribution in [0.15, 0.2) is 70.4 Å². The van der Waals surface area contributed by atoms with Crippen LogP contribution in [-0.4, -0.2) is 26.4 Å². The van der Waals surface area contributed by atoms with Crippen LogP contribution in [0.4, 0.5) is 32.0 Å². The number of carbonyl (C=O) groups is 1. The summed E-state index contributed by atoms with van der Waals surface area (Å²) in [6, 6.07) is 11.5. The number of thioether (sulfide) groups is 1. The lowest BCUT2D eigenvalue weighted by Crippen LogP contribution is -2.17. The predicted molar refractivity (Wildman–Crippen MR) is 120 cm³/mol. The van der Waals surface area contributed by atoms with E-state index in [0.29, 0.717) is 29.4 Å². The smallest absolute Gasteiger partial charge is 0.416 e. The molecule has 0 aliphatic rings. The number of hydrogen-bond donors (Lipinski definition) is 1. The van der Waals surface area contributed by atoms with E-state index in [1.807, 2.05) is 19.1 Å². The topological polar surface area (TPSA) is 73.0 Å². The number of carbonyl (C=O) groups excluding carboxylic acids is 1. The molecule has 4 aromatic rings. The molecular formula is C23H16F6N4O2S. The van der Waals surface area contributed by atoms with Crippen LogP contribution in [0, 0.1) is 6.92 Å². The Morgan fingerprint density at radius 3 is 2.17 bits per heavy atom. The molecule has 2 heterocycles.